The van der Waals surface area contributed by atoms with Crippen molar-refractivity contribution in [1.29, 1.82) is 0 Å². The second-order valence-corrected chi connectivity index (χ2v) is 12.1. The van der Waals surface area contributed by atoms with Gasteiger partial charge in [0.05, 0.1) is 46.8 Å². The van der Waals surface area contributed by atoms with Crippen molar-refractivity contribution in [2.24, 2.45) is 7.05 Å². The molecule has 0 radical (unpaired) electrons. The van der Waals surface area contributed by atoms with E-state index in [-0.39, 0.29) is 11.8 Å². The number of nitrogens with zero attached hydrogens (tertiary/aromatic N) is 8. The lowest BCUT2D eigenvalue weighted by molar-refractivity contribution is 0.329. The van der Waals surface area contributed by atoms with Crippen molar-refractivity contribution in [3.63, 3.8) is 0 Å². The number of halogens is 1. The quantitative estimate of drug-likeness (QED) is 0.283. The molecule has 1 aliphatic rings. The fourth-order valence-electron chi connectivity index (χ4n) is 4.52. The van der Waals surface area contributed by atoms with Crippen molar-refractivity contribution in [3.05, 3.63) is 71.2 Å². The second-order valence-electron chi connectivity index (χ2n) is 9.47. The lowest BCUT2D eigenvalue weighted by atomic mass is 10.1. The largest absolute Gasteiger partial charge is 0.378 e. The van der Waals surface area contributed by atoms with Crippen LogP contribution >= 0.6 is 11.6 Å². The summed E-state index contributed by atoms with van der Waals surface area (Å²) in [4.78, 5) is 12.5. The van der Waals surface area contributed by atoms with E-state index in [9.17, 15) is 8.42 Å². The van der Waals surface area contributed by atoms with Crippen LogP contribution in [0, 0.1) is 6.57 Å². The SMILES string of the molecule is [C-]#[N+]c1cnc(NC2CCN(S(=O)(=O)CC)CC2)nc1-c1cnn(-c2ccc(CNc3cnn(C)c3)cc2Cl)c1. The normalized spacial score (nSPS) is 14.7. The van der Waals surface area contributed by atoms with Gasteiger partial charge in [0.2, 0.25) is 21.7 Å². The molecule has 12 nitrogen and oxygen atoms in total. The average molecular weight is 581 g/mol. The van der Waals surface area contributed by atoms with Crippen LogP contribution in [0.4, 0.5) is 17.3 Å². The maximum atomic E-state index is 12.1. The van der Waals surface area contributed by atoms with Gasteiger partial charge in [-0.05, 0) is 37.5 Å². The van der Waals surface area contributed by atoms with E-state index in [4.69, 9.17) is 18.2 Å². The van der Waals surface area contributed by atoms with Crippen molar-refractivity contribution in [2.45, 2.75) is 32.4 Å². The minimum Gasteiger partial charge on any atom is -0.378 e. The maximum Gasteiger partial charge on any atom is 0.231 e. The Kier molecular flexibility index (Phi) is 8.02. The molecule has 5 rings (SSSR count). The molecular formula is C26H29ClN10O2S. The van der Waals surface area contributed by atoms with E-state index in [0.717, 1.165) is 11.3 Å². The number of aryl methyl sites for hydroxylation is 1. The number of benzene rings is 1. The topological polar surface area (TPSA) is 127 Å². The van der Waals surface area contributed by atoms with E-state index in [1.54, 1.807) is 34.9 Å². The van der Waals surface area contributed by atoms with Gasteiger partial charge < -0.3 is 10.6 Å². The highest BCUT2D eigenvalue weighted by atomic mass is 35.5. The minimum atomic E-state index is -3.19. The summed E-state index contributed by atoms with van der Waals surface area (Å²) in [5.41, 5.74) is 4.03. The highest BCUT2D eigenvalue weighted by molar-refractivity contribution is 7.89. The molecule has 208 valence electrons. The standard InChI is InChI=1S/C26H29ClN10O2S/c1-4-40(38,39)36-9-7-20(8-10-36)33-26-30-15-23(28-2)25(34-26)19-13-32-37(16-19)24-6-5-18(11-22(24)27)12-29-21-14-31-35(3)17-21/h5-6,11,13-17,20,29H,4,7-10,12H2,1,3H3,(H,30,33,34). The van der Waals surface area contributed by atoms with Gasteiger partial charge in [0.15, 0.2) is 0 Å². The first-order chi connectivity index (χ1) is 19.3. The number of hydrogen-bond donors (Lipinski definition) is 2. The van der Waals surface area contributed by atoms with Gasteiger partial charge in [0, 0.05) is 56.9 Å². The number of aromatic nitrogens is 6. The van der Waals surface area contributed by atoms with E-state index in [1.165, 1.54) is 10.5 Å². The predicted molar refractivity (Wildman–Crippen MR) is 154 cm³/mol. The van der Waals surface area contributed by atoms with Crippen LogP contribution in [-0.2, 0) is 23.6 Å². The fourth-order valence-corrected chi connectivity index (χ4v) is 5.94. The first-order valence-corrected chi connectivity index (χ1v) is 14.8. The molecular weight excluding hydrogens is 552 g/mol. The Morgan fingerprint density at radius 3 is 2.62 bits per heavy atom. The number of rotatable bonds is 9. The third kappa shape index (κ3) is 6.09. The lowest BCUT2D eigenvalue weighted by Crippen LogP contribution is -2.43. The van der Waals surface area contributed by atoms with Crippen LogP contribution in [0.25, 0.3) is 21.8 Å². The van der Waals surface area contributed by atoms with E-state index < -0.39 is 10.0 Å². The number of anilines is 2. The first kappa shape index (κ1) is 27.6. The molecule has 4 heterocycles. The van der Waals surface area contributed by atoms with Gasteiger partial charge in [-0.2, -0.15) is 10.2 Å². The van der Waals surface area contributed by atoms with Gasteiger partial charge >= 0.3 is 0 Å². The van der Waals surface area contributed by atoms with E-state index in [0.29, 0.717) is 66.1 Å². The Morgan fingerprint density at radius 2 is 1.95 bits per heavy atom. The lowest BCUT2D eigenvalue weighted by Gasteiger charge is -2.31. The first-order valence-electron chi connectivity index (χ1n) is 12.8. The summed E-state index contributed by atoms with van der Waals surface area (Å²) in [5, 5.41) is 15.8. The van der Waals surface area contributed by atoms with Gasteiger partial charge in [-0.25, -0.2) is 32.2 Å². The van der Waals surface area contributed by atoms with Crippen molar-refractivity contribution in [1.82, 2.24) is 33.8 Å². The van der Waals surface area contributed by atoms with Crippen molar-refractivity contribution in [3.8, 4) is 16.9 Å². The molecule has 3 aromatic heterocycles. The van der Waals surface area contributed by atoms with Crippen LogP contribution in [-0.4, -0.2) is 67.1 Å². The van der Waals surface area contributed by atoms with Gasteiger partial charge in [-0.3, -0.25) is 4.68 Å². The van der Waals surface area contributed by atoms with Crippen LogP contribution < -0.4 is 10.6 Å². The second kappa shape index (κ2) is 11.6. The summed E-state index contributed by atoms with van der Waals surface area (Å²) in [6.07, 6.45) is 9.86. The Labute approximate surface area is 237 Å². The summed E-state index contributed by atoms with van der Waals surface area (Å²) < 4.78 is 29.2. The highest BCUT2D eigenvalue weighted by Crippen LogP contribution is 2.31. The smallest absolute Gasteiger partial charge is 0.231 e. The van der Waals surface area contributed by atoms with Crippen LogP contribution in [0.15, 0.2) is 49.2 Å². The van der Waals surface area contributed by atoms with Crippen molar-refractivity contribution >= 4 is 38.9 Å². The molecule has 0 spiro atoms. The summed E-state index contributed by atoms with van der Waals surface area (Å²) >= 11 is 6.61. The van der Waals surface area contributed by atoms with Crippen LogP contribution in [0.1, 0.15) is 25.3 Å². The highest BCUT2D eigenvalue weighted by Gasteiger charge is 2.27. The molecule has 1 aliphatic heterocycles. The molecule has 1 fully saturated rings. The van der Waals surface area contributed by atoms with Gasteiger partial charge in [0.1, 0.15) is 0 Å². The summed E-state index contributed by atoms with van der Waals surface area (Å²) in [6, 6.07) is 5.78. The molecule has 2 N–H and O–H groups in total. The van der Waals surface area contributed by atoms with E-state index >= 15 is 0 Å². The number of piperidine rings is 1. The molecule has 1 saturated heterocycles. The van der Waals surface area contributed by atoms with E-state index in [1.807, 2.05) is 31.4 Å². The summed E-state index contributed by atoms with van der Waals surface area (Å²) in [6.45, 7) is 10.7. The summed E-state index contributed by atoms with van der Waals surface area (Å²) in [5.74, 6) is 0.484. The molecule has 0 amide bonds. The monoisotopic (exact) mass is 580 g/mol. The Morgan fingerprint density at radius 1 is 1.15 bits per heavy atom. The Balaban J connectivity index is 1.29. The Bertz CT molecular complexity index is 1650. The van der Waals surface area contributed by atoms with Gasteiger partial charge in [-0.15, -0.1) is 0 Å². The average Bonchev–Trinajstić information content (AvgIpc) is 3.61. The number of hydrogen-bond acceptors (Lipinski definition) is 8. The molecule has 1 aromatic carbocycles. The predicted octanol–water partition coefficient (Wildman–Crippen LogP) is 4.11. The third-order valence-corrected chi connectivity index (χ3v) is 8.94. The molecule has 0 saturated carbocycles. The van der Waals surface area contributed by atoms with Gasteiger partial charge in [0.25, 0.3) is 0 Å². The maximum absolute atomic E-state index is 12.1. The molecule has 4 aromatic rings. The zero-order chi connectivity index (χ0) is 28.3. The molecule has 0 aliphatic carbocycles. The number of nitrogens with one attached hydrogen (secondary N) is 2. The van der Waals surface area contributed by atoms with Crippen molar-refractivity contribution < 1.29 is 8.42 Å². The van der Waals surface area contributed by atoms with Crippen LogP contribution in [0.5, 0.6) is 0 Å². The van der Waals surface area contributed by atoms with Crippen LogP contribution in [0.3, 0.4) is 0 Å². The number of sulfonamides is 1. The molecule has 0 atom stereocenters. The van der Waals surface area contributed by atoms with Crippen molar-refractivity contribution in [2.75, 3.05) is 29.5 Å². The molecule has 0 unspecified atom stereocenters. The summed E-state index contributed by atoms with van der Waals surface area (Å²) in [7, 11) is -1.33. The molecule has 0 bridgehead atoms. The minimum absolute atomic E-state index is 0.0302. The van der Waals surface area contributed by atoms with Gasteiger partial charge in [-0.1, -0.05) is 17.7 Å². The Hall–Kier alpha value is -3.99. The zero-order valence-corrected chi connectivity index (χ0v) is 23.7. The molecule has 40 heavy (non-hydrogen) atoms. The zero-order valence-electron chi connectivity index (χ0n) is 22.1. The fraction of sp³-hybridized carbons (Fsp3) is 0.346. The molecule has 14 heteroatoms. The third-order valence-electron chi connectivity index (χ3n) is 6.75. The van der Waals surface area contributed by atoms with Crippen LogP contribution in [0.2, 0.25) is 5.02 Å². The van der Waals surface area contributed by atoms with E-state index in [2.05, 4.69) is 35.6 Å².